The van der Waals surface area contributed by atoms with Gasteiger partial charge in [0.05, 0.1) is 10.9 Å². The maximum Gasteiger partial charge on any atom is 0.241 e. The quantitative estimate of drug-likeness (QED) is 0.727. The van der Waals surface area contributed by atoms with Crippen LogP contribution in [0.2, 0.25) is 0 Å². The fourth-order valence-electron chi connectivity index (χ4n) is 1.69. The zero-order valence-corrected chi connectivity index (χ0v) is 14.6. The molecule has 0 heterocycles. The van der Waals surface area contributed by atoms with E-state index in [9.17, 15) is 26.0 Å². The lowest BCUT2D eigenvalue weighted by Crippen LogP contribution is -2.44. The van der Waals surface area contributed by atoms with Crippen LogP contribution in [-0.4, -0.2) is 41.6 Å². The standard InChI is InChI=1S/C13H19FN2O5S2/c1-4-7-15-13(17)9(2)16-23(20,21)10-5-6-11(14)12(8-10)22(3,18)19/h5-6,8-9,16H,4,7H2,1-3H3,(H,15,17)/t9-/m1/s1. The molecule has 2 N–H and O–H groups in total. The van der Waals surface area contributed by atoms with Gasteiger partial charge >= 0.3 is 0 Å². The summed E-state index contributed by atoms with van der Waals surface area (Å²) in [5.74, 6) is -1.55. The van der Waals surface area contributed by atoms with Crippen molar-refractivity contribution in [2.24, 2.45) is 0 Å². The molecule has 0 aliphatic rings. The van der Waals surface area contributed by atoms with Gasteiger partial charge in [0, 0.05) is 12.8 Å². The number of sulfone groups is 1. The molecular formula is C13H19FN2O5S2. The Balaban J connectivity index is 3.08. The smallest absolute Gasteiger partial charge is 0.241 e. The molecule has 7 nitrogen and oxygen atoms in total. The molecule has 23 heavy (non-hydrogen) atoms. The molecule has 1 rings (SSSR count). The molecule has 0 spiro atoms. The average molecular weight is 366 g/mol. The predicted octanol–water partition coefficient (Wildman–Crippen LogP) is 0.422. The normalized spacial score (nSPS) is 13.6. The second-order valence-corrected chi connectivity index (χ2v) is 8.70. The van der Waals surface area contributed by atoms with Gasteiger partial charge in [0.15, 0.2) is 9.84 Å². The van der Waals surface area contributed by atoms with E-state index in [4.69, 9.17) is 0 Å². The van der Waals surface area contributed by atoms with Crippen molar-refractivity contribution in [3.8, 4) is 0 Å². The molecule has 0 saturated heterocycles. The minimum absolute atomic E-state index is 0.402. The van der Waals surface area contributed by atoms with Crippen LogP contribution < -0.4 is 10.0 Å². The van der Waals surface area contributed by atoms with Crippen LogP contribution in [0.1, 0.15) is 20.3 Å². The van der Waals surface area contributed by atoms with Gasteiger partial charge in [-0.3, -0.25) is 4.79 Å². The number of carbonyl (C=O) groups excluding carboxylic acids is 1. The highest BCUT2D eigenvalue weighted by atomic mass is 32.2. The molecule has 1 amide bonds. The summed E-state index contributed by atoms with van der Waals surface area (Å²) in [5, 5.41) is 2.53. The highest BCUT2D eigenvalue weighted by Gasteiger charge is 2.24. The van der Waals surface area contributed by atoms with Crippen LogP contribution in [0, 0.1) is 5.82 Å². The van der Waals surface area contributed by atoms with E-state index in [1.54, 1.807) is 0 Å². The number of halogens is 1. The van der Waals surface area contributed by atoms with Crippen LogP contribution in [0.15, 0.2) is 28.0 Å². The molecule has 0 fully saturated rings. The zero-order chi connectivity index (χ0) is 17.8. The predicted molar refractivity (Wildman–Crippen MR) is 82.6 cm³/mol. The Labute approximate surface area is 135 Å². The van der Waals surface area contributed by atoms with Gasteiger partial charge in [0.25, 0.3) is 0 Å². The number of hydrogen-bond donors (Lipinski definition) is 2. The largest absolute Gasteiger partial charge is 0.355 e. The van der Waals surface area contributed by atoms with Gasteiger partial charge in [0.2, 0.25) is 15.9 Å². The van der Waals surface area contributed by atoms with Crippen molar-refractivity contribution in [2.75, 3.05) is 12.8 Å². The first-order valence-electron chi connectivity index (χ1n) is 6.78. The monoisotopic (exact) mass is 366 g/mol. The zero-order valence-electron chi connectivity index (χ0n) is 13.0. The van der Waals surface area contributed by atoms with Crippen LogP contribution in [0.3, 0.4) is 0 Å². The lowest BCUT2D eigenvalue weighted by Gasteiger charge is -2.14. The second kappa shape index (κ2) is 7.37. The van der Waals surface area contributed by atoms with Crippen molar-refractivity contribution in [1.82, 2.24) is 10.0 Å². The summed E-state index contributed by atoms with van der Waals surface area (Å²) < 4.78 is 63.0. The first kappa shape index (κ1) is 19.5. The Hall–Kier alpha value is -1.52. The number of benzene rings is 1. The van der Waals surface area contributed by atoms with Gasteiger partial charge < -0.3 is 5.32 Å². The number of hydrogen-bond acceptors (Lipinski definition) is 5. The molecule has 0 bridgehead atoms. The van der Waals surface area contributed by atoms with Gasteiger partial charge in [-0.25, -0.2) is 21.2 Å². The van der Waals surface area contributed by atoms with E-state index < -0.39 is 47.4 Å². The number of amides is 1. The summed E-state index contributed by atoms with van der Waals surface area (Å²) in [6.45, 7) is 3.60. The molecule has 130 valence electrons. The topological polar surface area (TPSA) is 109 Å². The molecule has 0 radical (unpaired) electrons. The summed E-state index contributed by atoms with van der Waals surface area (Å²) in [6.07, 6.45) is 1.47. The fourth-order valence-corrected chi connectivity index (χ4v) is 3.76. The highest BCUT2D eigenvalue weighted by Crippen LogP contribution is 2.19. The van der Waals surface area contributed by atoms with Gasteiger partial charge in [-0.15, -0.1) is 0 Å². The van der Waals surface area contributed by atoms with Gasteiger partial charge in [-0.1, -0.05) is 6.92 Å². The minimum Gasteiger partial charge on any atom is -0.355 e. The molecular weight excluding hydrogens is 347 g/mol. The summed E-state index contributed by atoms with van der Waals surface area (Å²) in [6, 6.07) is 1.36. The van der Waals surface area contributed by atoms with Crippen molar-refractivity contribution in [2.45, 2.75) is 36.1 Å². The first-order chi connectivity index (χ1) is 10.5. The molecule has 1 aromatic rings. The van der Waals surface area contributed by atoms with Crippen molar-refractivity contribution in [3.05, 3.63) is 24.0 Å². The summed E-state index contributed by atoms with van der Waals surface area (Å²) >= 11 is 0. The highest BCUT2D eigenvalue weighted by molar-refractivity contribution is 7.91. The van der Waals surface area contributed by atoms with Crippen LogP contribution >= 0.6 is 0 Å². The number of sulfonamides is 1. The third-order valence-electron chi connectivity index (χ3n) is 2.89. The molecule has 0 unspecified atom stereocenters. The summed E-state index contributed by atoms with van der Waals surface area (Å²) in [4.78, 5) is 10.5. The number of rotatable bonds is 7. The van der Waals surface area contributed by atoms with E-state index in [2.05, 4.69) is 10.0 Å². The van der Waals surface area contributed by atoms with E-state index in [0.29, 0.717) is 13.0 Å². The Morgan fingerprint density at radius 2 is 1.87 bits per heavy atom. The van der Waals surface area contributed by atoms with Gasteiger partial charge in [-0.05, 0) is 31.5 Å². The van der Waals surface area contributed by atoms with Crippen LogP contribution in [-0.2, 0) is 24.7 Å². The third kappa shape index (κ3) is 5.26. The van der Waals surface area contributed by atoms with Crippen molar-refractivity contribution < 1.29 is 26.0 Å². The Morgan fingerprint density at radius 1 is 1.26 bits per heavy atom. The lowest BCUT2D eigenvalue weighted by molar-refractivity contribution is -0.122. The van der Waals surface area contributed by atoms with E-state index in [0.717, 1.165) is 24.5 Å². The maximum absolute atomic E-state index is 13.5. The first-order valence-corrected chi connectivity index (χ1v) is 10.2. The van der Waals surface area contributed by atoms with Crippen molar-refractivity contribution >= 4 is 25.8 Å². The average Bonchev–Trinajstić information content (AvgIpc) is 2.43. The number of carbonyl (C=O) groups is 1. The minimum atomic E-state index is -4.17. The number of nitrogens with one attached hydrogen (secondary N) is 2. The molecule has 1 aromatic carbocycles. The molecule has 1 atom stereocenters. The van der Waals surface area contributed by atoms with E-state index in [-0.39, 0.29) is 0 Å². The molecule has 10 heteroatoms. The summed E-state index contributed by atoms with van der Waals surface area (Å²) in [5.41, 5.74) is 0. The maximum atomic E-state index is 13.5. The SMILES string of the molecule is CCCNC(=O)[C@@H](C)NS(=O)(=O)c1ccc(F)c(S(C)(=O)=O)c1. The lowest BCUT2D eigenvalue weighted by atomic mass is 10.3. The molecule has 0 aliphatic carbocycles. The fraction of sp³-hybridized carbons (Fsp3) is 0.462. The molecule has 0 aromatic heterocycles. The molecule has 0 saturated carbocycles. The van der Waals surface area contributed by atoms with Crippen LogP contribution in [0.4, 0.5) is 4.39 Å². The second-order valence-electron chi connectivity index (χ2n) is 5.00. The Bertz CT molecular complexity index is 791. The van der Waals surface area contributed by atoms with Crippen molar-refractivity contribution in [1.29, 1.82) is 0 Å². The van der Waals surface area contributed by atoms with E-state index in [1.807, 2.05) is 6.92 Å². The Kier molecular flexibility index (Phi) is 6.25. The summed E-state index contributed by atoms with van der Waals surface area (Å²) in [7, 11) is -8.09. The molecule has 0 aliphatic heterocycles. The van der Waals surface area contributed by atoms with Crippen molar-refractivity contribution in [3.63, 3.8) is 0 Å². The van der Waals surface area contributed by atoms with Crippen LogP contribution in [0.25, 0.3) is 0 Å². The van der Waals surface area contributed by atoms with E-state index in [1.165, 1.54) is 6.92 Å². The van der Waals surface area contributed by atoms with Gasteiger partial charge in [0.1, 0.15) is 10.7 Å². The third-order valence-corrected chi connectivity index (χ3v) is 5.54. The van der Waals surface area contributed by atoms with Gasteiger partial charge in [-0.2, -0.15) is 4.72 Å². The van der Waals surface area contributed by atoms with Crippen LogP contribution in [0.5, 0.6) is 0 Å². The van der Waals surface area contributed by atoms with E-state index >= 15 is 0 Å². The Morgan fingerprint density at radius 3 is 2.39 bits per heavy atom.